The van der Waals surface area contributed by atoms with E-state index in [1.807, 2.05) is 0 Å². The van der Waals surface area contributed by atoms with Crippen molar-refractivity contribution in [3.63, 3.8) is 0 Å². The topological polar surface area (TPSA) is 3.24 Å². The van der Waals surface area contributed by atoms with Crippen LogP contribution in [0.2, 0.25) is 0 Å². The van der Waals surface area contributed by atoms with Gasteiger partial charge in [0.25, 0.3) is 0 Å². The smallest absolute Gasteiger partial charge is 0.0660 e. The Morgan fingerprint density at radius 3 is 2.60 bits per heavy atom. The van der Waals surface area contributed by atoms with E-state index in [-0.39, 0.29) is 0 Å². The first-order valence-corrected chi connectivity index (χ1v) is 9.95. The molecule has 1 aromatic carbocycles. The second-order valence-electron chi connectivity index (χ2n) is 6.03. The van der Waals surface area contributed by atoms with Crippen LogP contribution in [0, 0.1) is 5.92 Å². The summed E-state index contributed by atoms with van der Waals surface area (Å²) in [5.41, 5.74) is 1.47. The Morgan fingerprint density at radius 1 is 1.10 bits per heavy atom. The minimum absolute atomic E-state index is 0.763. The molecule has 0 spiro atoms. The zero-order valence-electron chi connectivity index (χ0n) is 12.3. The highest BCUT2D eigenvalue weighted by Gasteiger charge is 2.36. The summed E-state index contributed by atoms with van der Waals surface area (Å²) in [4.78, 5) is 2.76. The lowest BCUT2D eigenvalue weighted by Crippen LogP contribution is -2.49. The lowest BCUT2D eigenvalue weighted by atomic mass is 9.91. The number of hydrogen-bond acceptors (Lipinski definition) is 3. The van der Waals surface area contributed by atoms with Crippen LogP contribution in [-0.4, -0.2) is 33.6 Å². The molecule has 0 bridgehead atoms. The van der Waals surface area contributed by atoms with E-state index in [0.29, 0.717) is 0 Å². The molecule has 2 saturated heterocycles. The molecule has 2 unspecified atom stereocenters. The number of likely N-dealkylation sites (tertiary alicyclic amines) is 1. The number of thioether (sulfide) groups is 2. The van der Waals surface area contributed by atoms with Crippen molar-refractivity contribution in [2.75, 3.05) is 18.1 Å². The molecule has 0 radical (unpaired) electrons. The first-order valence-electron chi connectivity index (χ1n) is 7.86. The van der Waals surface area contributed by atoms with Gasteiger partial charge in [0.05, 0.1) is 4.58 Å². The van der Waals surface area contributed by atoms with Crippen molar-refractivity contribution in [3.05, 3.63) is 35.9 Å². The van der Waals surface area contributed by atoms with Crippen molar-refractivity contribution >= 4 is 23.5 Å². The van der Waals surface area contributed by atoms with E-state index < -0.39 is 0 Å². The quantitative estimate of drug-likeness (QED) is 0.810. The van der Waals surface area contributed by atoms with Crippen LogP contribution >= 0.6 is 23.5 Å². The molecule has 1 aromatic rings. The Labute approximate surface area is 131 Å². The highest BCUT2D eigenvalue weighted by molar-refractivity contribution is 8.17. The monoisotopic (exact) mass is 307 g/mol. The van der Waals surface area contributed by atoms with Crippen molar-refractivity contribution in [2.24, 2.45) is 5.92 Å². The Morgan fingerprint density at radius 2 is 1.85 bits per heavy atom. The SMILES string of the molecule is CC1CCCN(Cc2ccccc2)C1C1SCCCS1. The minimum atomic E-state index is 0.763. The number of rotatable bonds is 3. The largest absolute Gasteiger partial charge is 0.294 e. The number of benzene rings is 1. The molecule has 0 N–H and O–H groups in total. The predicted molar refractivity (Wildman–Crippen MR) is 92.4 cm³/mol. The van der Waals surface area contributed by atoms with E-state index in [2.05, 4.69) is 65.7 Å². The van der Waals surface area contributed by atoms with Gasteiger partial charge < -0.3 is 0 Å². The fraction of sp³-hybridized carbons (Fsp3) is 0.647. The van der Waals surface area contributed by atoms with Crippen molar-refractivity contribution in [3.8, 4) is 0 Å². The third-order valence-electron chi connectivity index (χ3n) is 4.47. The second kappa shape index (κ2) is 7.24. The number of nitrogens with zero attached hydrogens (tertiary/aromatic N) is 1. The molecule has 3 rings (SSSR count). The van der Waals surface area contributed by atoms with Gasteiger partial charge in [-0.15, -0.1) is 23.5 Å². The van der Waals surface area contributed by atoms with Gasteiger partial charge in [0, 0.05) is 12.6 Å². The van der Waals surface area contributed by atoms with Crippen LogP contribution in [0.3, 0.4) is 0 Å². The summed E-state index contributed by atoms with van der Waals surface area (Å²) in [5.74, 6) is 3.57. The standard InChI is InChI=1S/C17H25NS2/c1-14-7-5-10-18(13-15-8-3-2-4-9-15)16(14)17-19-11-6-12-20-17/h2-4,8-9,14,16-17H,5-7,10-13H2,1H3. The lowest BCUT2D eigenvalue weighted by molar-refractivity contribution is 0.104. The second-order valence-corrected chi connectivity index (χ2v) is 8.83. The molecule has 0 amide bonds. The molecule has 2 aliphatic rings. The van der Waals surface area contributed by atoms with E-state index in [0.717, 1.165) is 23.1 Å². The van der Waals surface area contributed by atoms with Crippen molar-refractivity contribution in [1.82, 2.24) is 4.90 Å². The Bertz CT molecular complexity index is 403. The van der Waals surface area contributed by atoms with Crippen LogP contribution < -0.4 is 0 Å². The maximum absolute atomic E-state index is 2.76. The Kier molecular flexibility index (Phi) is 5.36. The first-order chi connectivity index (χ1) is 9.84. The molecule has 2 atom stereocenters. The molecule has 0 saturated carbocycles. The maximum Gasteiger partial charge on any atom is 0.0660 e. The molecule has 110 valence electrons. The van der Waals surface area contributed by atoms with E-state index in [1.165, 1.54) is 42.9 Å². The Balaban J connectivity index is 1.72. The van der Waals surface area contributed by atoms with E-state index in [4.69, 9.17) is 0 Å². The average molecular weight is 308 g/mol. The van der Waals surface area contributed by atoms with Crippen molar-refractivity contribution in [1.29, 1.82) is 0 Å². The molecular formula is C17H25NS2. The molecule has 3 heteroatoms. The highest BCUT2D eigenvalue weighted by Crippen LogP contribution is 2.40. The zero-order chi connectivity index (χ0) is 13.8. The maximum atomic E-state index is 2.76. The van der Waals surface area contributed by atoms with Gasteiger partial charge in [0.2, 0.25) is 0 Å². The molecule has 2 aliphatic heterocycles. The van der Waals surface area contributed by atoms with Crippen LogP contribution in [0.15, 0.2) is 30.3 Å². The van der Waals surface area contributed by atoms with Crippen LogP contribution in [0.5, 0.6) is 0 Å². The van der Waals surface area contributed by atoms with Gasteiger partial charge in [0.1, 0.15) is 0 Å². The summed E-state index contributed by atoms with van der Waals surface area (Å²) < 4.78 is 0.794. The first kappa shape index (κ1) is 14.8. The van der Waals surface area contributed by atoms with Gasteiger partial charge >= 0.3 is 0 Å². The number of hydrogen-bond donors (Lipinski definition) is 0. The lowest BCUT2D eigenvalue weighted by Gasteiger charge is -2.44. The van der Waals surface area contributed by atoms with Gasteiger partial charge in [-0.2, -0.15) is 0 Å². The van der Waals surface area contributed by atoms with E-state index in [9.17, 15) is 0 Å². The molecule has 2 heterocycles. The van der Waals surface area contributed by atoms with Gasteiger partial charge in [-0.25, -0.2) is 0 Å². The molecule has 1 nitrogen and oxygen atoms in total. The summed E-state index contributed by atoms with van der Waals surface area (Å²) in [6.45, 7) is 4.88. The molecular weight excluding hydrogens is 282 g/mol. The zero-order valence-corrected chi connectivity index (χ0v) is 14.0. The summed E-state index contributed by atoms with van der Waals surface area (Å²) in [6, 6.07) is 11.8. The van der Waals surface area contributed by atoms with Gasteiger partial charge in [0.15, 0.2) is 0 Å². The average Bonchev–Trinajstić information content (AvgIpc) is 2.49. The summed E-state index contributed by atoms with van der Waals surface area (Å²) >= 11 is 4.42. The van der Waals surface area contributed by atoms with E-state index in [1.54, 1.807) is 0 Å². The minimum Gasteiger partial charge on any atom is -0.294 e. The van der Waals surface area contributed by atoms with Gasteiger partial charge in [-0.05, 0) is 48.8 Å². The van der Waals surface area contributed by atoms with Crippen molar-refractivity contribution < 1.29 is 0 Å². The van der Waals surface area contributed by atoms with E-state index >= 15 is 0 Å². The summed E-state index contributed by atoms with van der Waals surface area (Å²) in [6.07, 6.45) is 4.17. The van der Waals surface area contributed by atoms with Gasteiger partial charge in [-0.1, -0.05) is 37.3 Å². The summed E-state index contributed by atoms with van der Waals surface area (Å²) in [5, 5.41) is 0. The predicted octanol–water partition coefficient (Wildman–Crippen LogP) is 4.48. The third-order valence-corrected chi connectivity index (χ3v) is 7.55. The molecule has 0 aromatic heterocycles. The fourth-order valence-electron chi connectivity index (χ4n) is 3.44. The summed E-state index contributed by atoms with van der Waals surface area (Å²) in [7, 11) is 0. The Hall–Kier alpha value is -0.120. The molecule has 2 fully saturated rings. The van der Waals surface area contributed by atoms with Crippen molar-refractivity contribution in [2.45, 2.75) is 43.4 Å². The molecule has 0 aliphatic carbocycles. The molecule has 20 heavy (non-hydrogen) atoms. The van der Waals surface area contributed by atoms with Gasteiger partial charge in [-0.3, -0.25) is 4.90 Å². The highest BCUT2D eigenvalue weighted by atomic mass is 32.2. The van der Waals surface area contributed by atoms with Crippen LogP contribution in [0.4, 0.5) is 0 Å². The fourth-order valence-corrected chi connectivity index (χ4v) is 6.95. The van der Waals surface area contributed by atoms with Crippen LogP contribution in [0.1, 0.15) is 31.7 Å². The number of piperidine rings is 1. The van der Waals surface area contributed by atoms with Crippen LogP contribution in [-0.2, 0) is 6.54 Å². The van der Waals surface area contributed by atoms with Crippen LogP contribution in [0.25, 0.3) is 0 Å². The normalized spacial score (nSPS) is 29.4. The third kappa shape index (κ3) is 3.55.